The molecule has 0 saturated heterocycles. The Kier molecular flexibility index (Phi) is 4.87. The molecule has 0 atom stereocenters. The zero-order chi connectivity index (χ0) is 15.4. The Balaban J connectivity index is 2.16. The quantitative estimate of drug-likeness (QED) is 0.503. The molecular weight excluding hydrogens is 346 g/mol. The summed E-state index contributed by atoms with van der Waals surface area (Å²) in [5.41, 5.74) is 2.99. The van der Waals surface area contributed by atoms with Gasteiger partial charge in [0.05, 0.1) is 0 Å². The number of para-hydroxylation sites is 1. The van der Waals surface area contributed by atoms with Gasteiger partial charge in [-0.05, 0) is 24.3 Å². The fraction of sp³-hybridized carbons (Fsp3) is 0.0714. The molecule has 3 N–H and O–H groups in total. The number of rotatable bonds is 4. The van der Waals surface area contributed by atoms with Crippen LogP contribution in [0, 0.1) is 11.6 Å². The van der Waals surface area contributed by atoms with Crippen molar-refractivity contribution in [2.24, 2.45) is 5.84 Å². The van der Waals surface area contributed by atoms with Gasteiger partial charge >= 0.3 is 0 Å². The van der Waals surface area contributed by atoms with Gasteiger partial charge in [0.1, 0.15) is 6.61 Å². The fourth-order valence-electron chi connectivity index (χ4n) is 1.66. The van der Waals surface area contributed by atoms with Crippen molar-refractivity contribution in [2.75, 3.05) is 0 Å². The minimum absolute atomic E-state index is 0.0526. The summed E-state index contributed by atoms with van der Waals surface area (Å²) < 4.78 is 32.6. The molecule has 21 heavy (non-hydrogen) atoms. The molecule has 2 aromatic rings. The van der Waals surface area contributed by atoms with E-state index in [1.807, 2.05) is 5.43 Å². The number of hydrazine groups is 1. The maximum Gasteiger partial charge on any atom is 0.265 e. The van der Waals surface area contributed by atoms with E-state index in [9.17, 15) is 13.6 Å². The third-order valence-electron chi connectivity index (χ3n) is 2.74. The zero-order valence-electron chi connectivity index (χ0n) is 10.7. The monoisotopic (exact) mass is 356 g/mol. The lowest BCUT2D eigenvalue weighted by atomic mass is 10.1. The lowest BCUT2D eigenvalue weighted by molar-refractivity contribution is 0.0953. The minimum atomic E-state index is -0.773. The Hall–Kier alpha value is -1.99. The van der Waals surface area contributed by atoms with Crippen LogP contribution < -0.4 is 16.0 Å². The SMILES string of the molecule is NNC(=O)c1ccc(COc2c(F)cccc2F)c(Br)c1. The lowest BCUT2D eigenvalue weighted by Gasteiger charge is -2.10. The summed E-state index contributed by atoms with van der Waals surface area (Å²) in [7, 11) is 0. The highest BCUT2D eigenvalue weighted by molar-refractivity contribution is 9.10. The molecule has 0 aliphatic rings. The van der Waals surface area contributed by atoms with E-state index in [4.69, 9.17) is 10.6 Å². The second-order valence-electron chi connectivity index (χ2n) is 4.12. The molecule has 2 rings (SSSR count). The average molecular weight is 357 g/mol. The minimum Gasteiger partial charge on any atom is -0.483 e. The molecule has 7 heteroatoms. The maximum atomic E-state index is 13.4. The summed E-state index contributed by atoms with van der Waals surface area (Å²) >= 11 is 3.27. The number of hydrogen-bond acceptors (Lipinski definition) is 3. The predicted octanol–water partition coefficient (Wildman–Crippen LogP) is 2.91. The molecule has 0 aromatic heterocycles. The van der Waals surface area contributed by atoms with Crippen LogP contribution in [0.4, 0.5) is 8.78 Å². The molecule has 0 fully saturated rings. The Morgan fingerprint density at radius 2 is 1.90 bits per heavy atom. The predicted molar refractivity (Wildman–Crippen MR) is 76.5 cm³/mol. The molecule has 0 saturated carbocycles. The van der Waals surface area contributed by atoms with Gasteiger partial charge in [-0.3, -0.25) is 10.2 Å². The van der Waals surface area contributed by atoms with Crippen molar-refractivity contribution >= 4 is 21.8 Å². The number of carbonyl (C=O) groups excluding carboxylic acids is 1. The van der Waals surface area contributed by atoms with E-state index in [0.29, 0.717) is 15.6 Å². The fourth-order valence-corrected chi connectivity index (χ4v) is 2.15. The summed E-state index contributed by atoms with van der Waals surface area (Å²) in [6.45, 7) is -0.0526. The number of benzene rings is 2. The first kappa shape index (κ1) is 15.4. The van der Waals surface area contributed by atoms with Crippen molar-refractivity contribution in [3.8, 4) is 5.75 Å². The molecule has 0 bridgehead atoms. The number of hydrogen-bond donors (Lipinski definition) is 2. The van der Waals surface area contributed by atoms with Gasteiger partial charge < -0.3 is 4.74 Å². The molecule has 110 valence electrons. The summed E-state index contributed by atoms with van der Waals surface area (Å²) in [4.78, 5) is 11.4. The van der Waals surface area contributed by atoms with Gasteiger partial charge in [0, 0.05) is 15.6 Å². The van der Waals surface area contributed by atoms with Crippen LogP contribution in [0.3, 0.4) is 0 Å². The second-order valence-corrected chi connectivity index (χ2v) is 4.97. The van der Waals surface area contributed by atoms with E-state index >= 15 is 0 Å². The number of carbonyl (C=O) groups is 1. The smallest absolute Gasteiger partial charge is 0.265 e. The summed E-state index contributed by atoms with van der Waals surface area (Å²) in [5, 5.41) is 0. The van der Waals surface area contributed by atoms with Crippen molar-refractivity contribution in [2.45, 2.75) is 6.61 Å². The van der Waals surface area contributed by atoms with E-state index in [1.165, 1.54) is 12.1 Å². The normalized spacial score (nSPS) is 10.3. The topological polar surface area (TPSA) is 64.3 Å². The highest BCUT2D eigenvalue weighted by Crippen LogP contribution is 2.24. The van der Waals surface area contributed by atoms with Gasteiger partial charge in [-0.1, -0.05) is 28.1 Å². The van der Waals surface area contributed by atoms with E-state index in [-0.39, 0.29) is 6.61 Å². The van der Waals surface area contributed by atoms with E-state index in [1.54, 1.807) is 12.1 Å². The Labute approximate surface area is 128 Å². The van der Waals surface area contributed by atoms with Crippen molar-refractivity contribution < 1.29 is 18.3 Å². The molecule has 0 aliphatic heterocycles. The molecule has 1 amide bonds. The molecule has 0 unspecified atom stereocenters. The number of nitrogens with one attached hydrogen (secondary N) is 1. The van der Waals surface area contributed by atoms with Gasteiger partial charge in [-0.2, -0.15) is 0 Å². The van der Waals surface area contributed by atoms with Crippen LogP contribution in [0.5, 0.6) is 5.75 Å². The summed E-state index contributed by atoms with van der Waals surface area (Å²) in [5.74, 6) is 2.61. The number of amides is 1. The van der Waals surface area contributed by atoms with Gasteiger partial charge in [-0.15, -0.1) is 0 Å². The molecule has 2 aromatic carbocycles. The van der Waals surface area contributed by atoms with Crippen LogP contribution in [0.25, 0.3) is 0 Å². The first-order valence-electron chi connectivity index (χ1n) is 5.89. The third kappa shape index (κ3) is 3.56. The van der Waals surface area contributed by atoms with Gasteiger partial charge in [0.2, 0.25) is 0 Å². The van der Waals surface area contributed by atoms with Crippen LogP contribution in [-0.4, -0.2) is 5.91 Å². The van der Waals surface area contributed by atoms with Crippen molar-refractivity contribution in [1.82, 2.24) is 5.43 Å². The van der Waals surface area contributed by atoms with Crippen molar-refractivity contribution in [1.29, 1.82) is 0 Å². The van der Waals surface area contributed by atoms with Gasteiger partial charge in [0.15, 0.2) is 17.4 Å². The Bertz CT molecular complexity index is 660. The van der Waals surface area contributed by atoms with Crippen molar-refractivity contribution in [3.05, 3.63) is 63.6 Å². The van der Waals surface area contributed by atoms with E-state index < -0.39 is 23.3 Å². The highest BCUT2D eigenvalue weighted by Gasteiger charge is 2.12. The Morgan fingerprint density at radius 1 is 1.24 bits per heavy atom. The molecule has 0 spiro atoms. The van der Waals surface area contributed by atoms with E-state index in [0.717, 1.165) is 12.1 Å². The summed E-state index contributed by atoms with van der Waals surface area (Å²) in [6, 6.07) is 8.16. The Morgan fingerprint density at radius 3 is 2.48 bits per heavy atom. The standard InChI is InChI=1S/C14H11BrF2N2O2/c15-10-6-8(14(20)19-18)4-5-9(10)7-21-13-11(16)2-1-3-12(13)17/h1-6H,7,18H2,(H,19,20). The van der Waals surface area contributed by atoms with Gasteiger partial charge in [0.25, 0.3) is 5.91 Å². The van der Waals surface area contributed by atoms with Crippen LogP contribution in [0.1, 0.15) is 15.9 Å². The second kappa shape index (κ2) is 6.64. The van der Waals surface area contributed by atoms with Crippen molar-refractivity contribution in [3.63, 3.8) is 0 Å². The maximum absolute atomic E-state index is 13.4. The number of nitrogens with two attached hydrogens (primary N) is 1. The average Bonchev–Trinajstić information content (AvgIpc) is 2.47. The zero-order valence-corrected chi connectivity index (χ0v) is 12.3. The van der Waals surface area contributed by atoms with Crippen LogP contribution in [0.2, 0.25) is 0 Å². The molecule has 0 aliphatic carbocycles. The lowest BCUT2D eigenvalue weighted by Crippen LogP contribution is -2.29. The number of ether oxygens (including phenoxy) is 1. The molecule has 0 heterocycles. The van der Waals surface area contributed by atoms with Crippen LogP contribution in [-0.2, 0) is 6.61 Å². The first-order chi connectivity index (χ1) is 10.0. The number of halogens is 3. The molecular formula is C14H11BrF2N2O2. The molecule has 4 nitrogen and oxygen atoms in total. The van der Waals surface area contributed by atoms with E-state index in [2.05, 4.69) is 15.9 Å². The first-order valence-corrected chi connectivity index (χ1v) is 6.68. The summed E-state index contributed by atoms with van der Waals surface area (Å²) in [6.07, 6.45) is 0. The van der Waals surface area contributed by atoms with Gasteiger partial charge in [-0.25, -0.2) is 14.6 Å². The highest BCUT2D eigenvalue weighted by atomic mass is 79.9. The largest absolute Gasteiger partial charge is 0.483 e. The van der Waals surface area contributed by atoms with Crippen LogP contribution in [0.15, 0.2) is 40.9 Å². The number of nitrogen functional groups attached to an aromatic ring is 1. The third-order valence-corrected chi connectivity index (χ3v) is 3.48. The van der Waals surface area contributed by atoms with Crippen LogP contribution >= 0.6 is 15.9 Å². The molecule has 0 radical (unpaired) electrons.